The van der Waals surface area contributed by atoms with Crippen molar-refractivity contribution in [2.24, 2.45) is 0 Å². The number of aliphatic hydroxyl groups is 1. The van der Waals surface area contributed by atoms with Gasteiger partial charge in [-0.3, -0.25) is 4.79 Å². The average Bonchev–Trinajstić information content (AvgIpc) is 2.19. The van der Waals surface area contributed by atoms with Crippen LogP contribution in [0.15, 0.2) is 0 Å². The molecule has 4 heteroatoms. The zero-order valence-electron chi connectivity index (χ0n) is 9.75. The zero-order valence-corrected chi connectivity index (χ0v) is 9.75. The van der Waals surface area contributed by atoms with Gasteiger partial charge in [0.1, 0.15) is 0 Å². The van der Waals surface area contributed by atoms with Crippen molar-refractivity contribution in [1.29, 1.82) is 0 Å². The van der Waals surface area contributed by atoms with Gasteiger partial charge in [-0.25, -0.2) is 0 Å². The molecule has 0 aromatic carbocycles. The Bertz CT molecular complexity index is 217. The molecule has 0 unspecified atom stereocenters. The fourth-order valence-corrected chi connectivity index (χ4v) is 1.88. The molecular formula is C11H22N2O2. The Balaban J connectivity index is 2.32. The first-order chi connectivity index (χ1) is 7.08. The number of aliphatic hydroxyl groups excluding tert-OH is 1. The monoisotopic (exact) mass is 214 g/mol. The SMILES string of the molecule is CC1(C)NCCN(CCCCCO)C1=O. The summed E-state index contributed by atoms with van der Waals surface area (Å²) in [5.74, 6) is 0.192. The second-order valence-corrected chi connectivity index (χ2v) is 4.63. The van der Waals surface area contributed by atoms with Crippen LogP contribution in [0.3, 0.4) is 0 Å². The summed E-state index contributed by atoms with van der Waals surface area (Å²) in [4.78, 5) is 13.8. The van der Waals surface area contributed by atoms with Gasteiger partial charge in [-0.15, -0.1) is 0 Å². The maximum atomic E-state index is 11.9. The molecule has 0 bridgehead atoms. The van der Waals surface area contributed by atoms with E-state index in [0.29, 0.717) is 0 Å². The van der Waals surface area contributed by atoms with Crippen LogP contribution in [0.2, 0.25) is 0 Å². The number of hydrogen-bond acceptors (Lipinski definition) is 3. The molecule has 1 aliphatic heterocycles. The van der Waals surface area contributed by atoms with E-state index in [1.54, 1.807) is 0 Å². The van der Waals surface area contributed by atoms with Crippen LogP contribution in [0.5, 0.6) is 0 Å². The zero-order chi connectivity index (χ0) is 11.3. The van der Waals surface area contributed by atoms with Crippen molar-refractivity contribution in [3.8, 4) is 0 Å². The lowest BCUT2D eigenvalue weighted by Gasteiger charge is -2.38. The first-order valence-electron chi connectivity index (χ1n) is 5.73. The van der Waals surface area contributed by atoms with E-state index in [4.69, 9.17) is 5.11 Å². The van der Waals surface area contributed by atoms with E-state index in [1.165, 1.54) is 0 Å². The minimum atomic E-state index is -0.408. The van der Waals surface area contributed by atoms with Crippen molar-refractivity contribution in [2.75, 3.05) is 26.2 Å². The Morgan fingerprint density at radius 1 is 1.40 bits per heavy atom. The van der Waals surface area contributed by atoms with Gasteiger partial charge in [0.25, 0.3) is 0 Å². The Hall–Kier alpha value is -0.610. The number of piperazine rings is 1. The van der Waals surface area contributed by atoms with E-state index in [2.05, 4.69) is 5.32 Å². The molecular weight excluding hydrogens is 192 g/mol. The number of carbonyl (C=O) groups is 1. The van der Waals surface area contributed by atoms with Crippen molar-refractivity contribution in [1.82, 2.24) is 10.2 Å². The van der Waals surface area contributed by atoms with E-state index < -0.39 is 5.54 Å². The molecule has 1 heterocycles. The lowest BCUT2D eigenvalue weighted by Crippen LogP contribution is -2.61. The lowest BCUT2D eigenvalue weighted by atomic mass is 10.0. The number of nitrogens with one attached hydrogen (secondary N) is 1. The molecule has 0 aromatic rings. The second kappa shape index (κ2) is 5.47. The van der Waals surface area contributed by atoms with E-state index in [0.717, 1.165) is 38.9 Å². The minimum Gasteiger partial charge on any atom is -0.396 e. The van der Waals surface area contributed by atoms with Crippen LogP contribution in [0, 0.1) is 0 Å². The molecule has 2 N–H and O–H groups in total. The topological polar surface area (TPSA) is 52.6 Å². The molecule has 4 nitrogen and oxygen atoms in total. The van der Waals surface area contributed by atoms with Gasteiger partial charge >= 0.3 is 0 Å². The highest BCUT2D eigenvalue weighted by Gasteiger charge is 2.34. The molecule has 1 rings (SSSR count). The van der Waals surface area contributed by atoms with E-state index in [9.17, 15) is 4.79 Å². The molecule has 15 heavy (non-hydrogen) atoms. The molecule has 0 atom stereocenters. The number of nitrogens with zero attached hydrogens (tertiary/aromatic N) is 1. The molecule has 0 aliphatic carbocycles. The maximum absolute atomic E-state index is 11.9. The van der Waals surface area contributed by atoms with Gasteiger partial charge in [0.15, 0.2) is 0 Å². The molecule has 0 saturated carbocycles. The molecule has 0 spiro atoms. The number of carbonyl (C=O) groups excluding carboxylic acids is 1. The van der Waals surface area contributed by atoms with Crippen LogP contribution in [0.4, 0.5) is 0 Å². The van der Waals surface area contributed by atoms with Gasteiger partial charge in [0, 0.05) is 26.2 Å². The number of hydrogen-bond donors (Lipinski definition) is 2. The summed E-state index contributed by atoms with van der Waals surface area (Å²) in [5, 5.41) is 11.9. The van der Waals surface area contributed by atoms with Gasteiger partial charge in [0.05, 0.1) is 5.54 Å². The summed E-state index contributed by atoms with van der Waals surface area (Å²) < 4.78 is 0. The summed E-state index contributed by atoms with van der Waals surface area (Å²) in [5.41, 5.74) is -0.408. The minimum absolute atomic E-state index is 0.192. The quantitative estimate of drug-likeness (QED) is 0.650. The maximum Gasteiger partial charge on any atom is 0.242 e. The van der Waals surface area contributed by atoms with Crippen LogP contribution in [0.25, 0.3) is 0 Å². The number of unbranched alkanes of at least 4 members (excludes halogenated alkanes) is 2. The standard InChI is InChI=1S/C11H22N2O2/c1-11(2)10(15)13(8-6-12-11)7-4-3-5-9-14/h12,14H,3-9H2,1-2H3. The van der Waals surface area contributed by atoms with Crippen molar-refractivity contribution in [2.45, 2.75) is 38.6 Å². The molecule has 1 amide bonds. The van der Waals surface area contributed by atoms with Crippen molar-refractivity contribution >= 4 is 5.91 Å². The van der Waals surface area contributed by atoms with Gasteiger partial charge in [-0.05, 0) is 33.1 Å². The largest absolute Gasteiger partial charge is 0.396 e. The molecule has 0 aromatic heterocycles. The summed E-state index contributed by atoms with van der Waals surface area (Å²) in [7, 11) is 0. The van der Waals surface area contributed by atoms with Crippen LogP contribution in [-0.4, -0.2) is 47.7 Å². The molecule has 1 aliphatic rings. The third-order valence-electron chi connectivity index (χ3n) is 2.86. The highest BCUT2D eigenvalue weighted by molar-refractivity contribution is 5.86. The van der Waals surface area contributed by atoms with Crippen molar-refractivity contribution in [3.63, 3.8) is 0 Å². The molecule has 0 radical (unpaired) electrons. The van der Waals surface area contributed by atoms with Crippen LogP contribution in [0.1, 0.15) is 33.1 Å². The predicted octanol–water partition coefficient (Wildman–Crippen LogP) is 0.359. The van der Waals surface area contributed by atoms with Gasteiger partial charge in [-0.2, -0.15) is 0 Å². The van der Waals surface area contributed by atoms with E-state index >= 15 is 0 Å². The van der Waals surface area contributed by atoms with Gasteiger partial charge in [0.2, 0.25) is 5.91 Å². The first-order valence-corrected chi connectivity index (χ1v) is 5.73. The second-order valence-electron chi connectivity index (χ2n) is 4.63. The Morgan fingerprint density at radius 2 is 2.13 bits per heavy atom. The van der Waals surface area contributed by atoms with Crippen LogP contribution in [-0.2, 0) is 4.79 Å². The number of amides is 1. The molecule has 88 valence electrons. The van der Waals surface area contributed by atoms with Gasteiger partial charge < -0.3 is 15.3 Å². The first kappa shape index (κ1) is 12.5. The Kier molecular flexibility index (Phi) is 4.54. The average molecular weight is 214 g/mol. The third kappa shape index (κ3) is 3.47. The highest BCUT2D eigenvalue weighted by Crippen LogP contribution is 2.13. The van der Waals surface area contributed by atoms with E-state index in [1.807, 2.05) is 18.7 Å². The Labute approximate surface area is 91.6 Å². The predicted molar refractivity (Wildman–Crippen MR) is 59.6 cm³/mol. The lowest BCUT2D eigenvalue weighted by molar-refractivity contribution is -0.139. The fourth-order valence-electron chi connectivity index (χ4n) is 1.88. The van der Waals surface area contributed by atoms with E-state index in [-0.39, 0.29) is 12.5 Å². The van der Waals surface area contributed by atoms with Crippen LogP contribution < -0.4 is 5.32 Å². The van der Waals surface area contributed by atoms with Crippen LogP contribution >= 0.6 is 0 Å². The summed E-state index contributed by atoms with van der Waals surface area (Å²) in [6.07, 6.45) is 2.82. The number of rotatable bonds is 5. The third-order valence-corrected chi connectivity index (χ3v) is 2.86. The fraction of sp³-hybridized carbons (Fsp3) is 0.909. The highest BCUT2D eigenvalue weighted by atomic mass is 16.2. The smallest absolute Gasteiger partial charge is 0.242 e. The molecule has 1 saturated heterocycles. The van der Waals surface area contributed by atoms with Gasteiger partial charge in [-0.1, -0.05) is 0 Å². The summed E-state index contributed by atoms with van der Waals surface area (Å²) >= 11 is 0. The summed E-state index contributed by atoms with van der Waals surface area (Å²) in [6, 6.07) is 0. The molecule has 1 fully saturated rings. The normalized spacial score (nSPS) is 20.7. The Morgan fingerprint density at radius 3 is 2.80 bits per heavy atom. The summed E-state index contributed by atoms with van der Waals surface area (Å²) in [6.45, 7) is 6.61. The van der Waals surface area contributed by atoms with Crippen molar-refractivity contribution in [3.05, 3.63) is 0 Å². The van der Waals surface area contributed by atoms with Crippen molar-refractivity contribution < 1.29 is 9.90 Å².